The van der Waals surface area contributed by atoms with Crippen LogP contribution in [0.5, 0.6) is 0 Å². The van der Waals surface area contributed by atoms with Crippen LogP contribution in [0.1, 0.15) is 29.1 Å². The van der Waals surface area contributed by atoms with Gasteiger partial charge in [-0.05, 0) is 31.2 Å². The summed E-state index contributed by atoms with van der Waals surface area (Å²) in [6.45, 7) is 2.49. The van der Waals surface area contributed by atoms with Crippen LogP contribution in [0.3, 0.4) is 0 Å². The van der Waals surface area contributed by atoms with Gasteiger partial charge in [0.25, 0.3) is 10.0 Å². The monoisotopic (exact) mass is 347 g/mol. The molecule has 1 saturated heterocycles. The maximum absolute atomic E-state index is 12.4. The Morgan fingerprint density at radius 1 is 1.08 bits per heavy atom. The van der Waals surface area contributed by atoms with Crippen molar-refractivity contribution in [1.29, 1.82) is 0 Å². The topological polar surface area (TPSA) is 81.7 Å². The second-order valence-electron chi connectivity index (χ2n) is 5.39. The van der Waals surface area contributed by atoms with E-state index in [1.54, 1.807) is 36.4 Å². The van der Waals surface area contributed by atoms with Gasteiger partial charge in [0.05, 0.1) is 18.1 Å². The third-order valence-electron chi connectivity index (χ3n) is 3.61. The van der Waals surface area contributed by atoms with Crippen molar-refractivity contribution >= 4 is 21.5 Å². The highest BCUT2D eigenvalue weighted by Gasteiger charge is 2.19. The zero-order chi connectivity index (χ0) is 17.2. The van der Waals surface area contributed by atoms with E-state index in [2.05, 4.69) is 4.72 Å². The molecule has 0 aromatic heterocycles. The number of hydrogen-bond acceptors (Lipinski definition) is 5. The van der Waals surface area contributed by atoms with Gasteiger partial charge in [-0.3, -0.25) is 9.52 Å². The van der Waals surface area contributed by atoms with Crippen molar-refractivity contribution in [3.8, 4) is 0 Å². The van der Waals surface area contributed by atoms with Crippen LogP contribution in [0.25, 0.3) is 0 Å². The predicted octanol–water partition coefficient (Wildman–Crippen LogP) is 2.74. The first kappa shape index (κ1) is 16.6. The van der Waals surface area contributed by atoms with E-state index in [0.29, 0.717) is 24.5 Å². The highest BCUT2D eigenvalue weighted by atomic mass is 32.2. The first-order chi connectivity index (χ1) is 11.5. The van der Waals surface area contributed by atoms with Crippen LogP contribution in [0.2, 0.25) is 0 Å². The number of anilines is 1. The fourth-order valence-corrected chi connectivity index (χ4v) is 3.46. The summed E-state index contributed by atoms with van der Waals surface area (Å²) in [5, 5.41) is 0. The maximum Gasteiger partial charge on any atom is 0.261 e. The molecule has 7 heteroatoms. The Labute approximate surface area is 140 Å². The molecule has 1 N–H and O–H groups in total. The molecular weight excluding hydrogens is 330 g/mol. The molecule has 0 radical (unpaired) electrons. The van der Waals surface area contributed by atoms with Gasteiger partial charge in [-0.15, -0.1) is 0 Å². The van der Waals surface area contributed by atoms with E-state index in [-0.39, 0.29) is 10.7 Å². The number of ether oxygens (including phenoxy) is 2. The Kier molecular flexibility index (Phi) is 4.66. The average molecular weight is 347 g/mol. The summed E-state index contributed by atoms with van der Waals surface area (Å²) in [6, 6.07) is 12.7. The van der Waals surface area contributed by atoms with Gasteiger partial charge < -0.3 is 9.47 Å². The number of nitrogens with one attached hydrogen (secondary N) is 1. The number of rotatable bonds is 5. The molecule has 126 valence electrons. The van der Waals surface area contributed by atoms with Crippen molar-refractivity contribution < 1.29 is 22.7 Å². The molecule has 1 aliphatic heterocycles. The minimum Gasteiger partial charge on any atom is -0.346 e. The Bertz CT molecular complexity index is 840. The molecule has 0 amide bonds. The normalized spacial score (nSPS) is 15.4. The Morgan fingerprint density at radius 2 is 1.75 bits per heavy atom. The van der Waals surface area contributed by atoms with E-state index in [1.165, 1.54) is 19.1 Å². The molecule has 6 nitrogen and oxygen atoms in total. The fraction of sp³-hybridized carbons (Fsp3) is 0.235. The van der Waals surface area contributed by atoms with Gasteiger partial charge in [0.1, 0.15) is 0 Å². The van der Waals surface area contributed by atoms with Crippen molar-refractivity contribution in [2.75, 3.05) is 17.9 Å². The Morgan fingerprint density at radius 3 is 2.38 bits per heavy atom. The molecule has 0 atom stereocenters. The molecule has 1 fully saturated rings. The van der Waals surface area contributed by atoms with Crippen molar-refractivity contribution in [1.82, 2.24) is 0 Å². The molecule has 1 aliphatic rings. The van der Waals surface area contributed by atoms with Crippen molar-refractivity contribution in [3.05, 3.63) is 59.7 Å². The summed E-state index contributed by atoms with van der Waals surface area (Å²) >= 11 is 0. The maximum atomic E-state index is 12.4. The van der Waals surface area contributed by atoms with Gasteiger partial charge in [-0.25, -0.2) is 8.42 Å². The lowest BCUT2D eigenvalue weighted by molar-refractivity contribution is -0.0441. The second-order valence-corrected chi connectivity index (χ2v) is 7.07. The van der Waals surface area contributed by atoms with E-state index in [9.17, 15) is 13.2 Å². The highest BCUT2D eigenvalue weighted by Crippen LogP contribution is 2.25. The third-order valence-corrected chi connectivity index (χ3v) is 4.99. The zero-order valence-electron chi connectivity index (χ0n) is 13.1. The SMILES string of the molecule is CC(=O)c1cccc(S(=O)(=O)Nc2ccc(C3OCCO3)cc2)c1. The molecule has 0 saturated carbocycles. The number of carbonyl (C=O) groups is 1. The smallest absolute Gasteiger partial charge is 0.261 e. The van der Waals surface area contributed by atoms with Crippen LogP contribution < -0.4 is 4.72 Å². The summed E-state index contributed by atoms with van der Waals surface area (Å²) in [7, 11) is -3.77. The van der Waals surface area contributed by atoms with Crippen LogP contribution in [-0.4, -0.2) is 27.4 Å². The first-order valence-electron chi connectivity index (χ1n) is 7.43. The van der Waals surface area contributed by atoms with Crippen LogP contribution in [0.4, 0.5) is 5.69 Å². The standard InChI is InChI=1S/C17H17NO5S/c1-12(19)14-3-2-4-16(11-14)24(20,21)18-15-7-5-13(6-8-15)17-22-9-10-23-17/h2-8,11,17-18H,9-10H2,1H3. The van der Waals surface area contributed by atoms with E-state index < -0.39 is 16.3 Å². The minimum absolute atomic E-state index is 0.0433. The van der Waals surface area contributed by atoms with E-state index in [0.717, 1.165) is 5.56 Å². The number of ketones is 1. The van der Waals surface area contributed by atoms with Gasteiger partial charge in [0.2, 0.25) is 0 Å². The Hall–Kier alpha value is -2.22. The predicted molar refractivity (Wildman–Crippen MR) is 88.3 cm³/mol. The molecule has 0 aliphatic carbocycles. The van der Waals surface area contributed by atoms with Gasteiger partial charge in [0, 0.05) is 16.8 Å². The van der Waals surface area contributed by atoms with E-state index >= 15 is 0 Å². The molecule has 0 unspecified atom stereocenters. The minimum atomic E-state index is -3.77. The number of hydrogen-bond donors (Lipinski definition) is 1. The first-order valence-corrected chi connectivity index (χ1v) is 8.91. The van der Waals surface area contributed by atoms with E-state index in [1.807, 2.05) is 0 Å². The molecule has 1 heterocycles. The number of Topliss-reactive ketones (excluding diaryl/α,β-unsaturated/α-hetero) is 1. The lowest BCUT2D eigenvalue weighted by atomic mass is 10.2. The lowest BCUT2D eigenvalue weighted by Crippen LogP contribution is -2.13. The van der Waals surface area contributed by atoms with Crippen molar-refractivity contribution in [3.63, 3.8) is 0 Å². The number of benzene rings is 2. The van der Waals surface area contributed by atoms with Gasteiger partial charge in [0.15, 0.2) is 12.1 Å². The molecule has 3 rings (SSSR count). The second kappa shape index (κ2) is 6.72. The zero-order valence-corrected chi connectivity index (χ0v) is 13.9. The average Bonchev–Trinajstić information content (AvgIpc) is 3.10. The van der Waals surface area contributed by atoms with Gasteiger partial charge in [-0.2, -0.15) is 0 Å². The molecular formula is C17H17NO5S. The van der Waals surface area contributed by atoms with Crippen LogP contribution >= 0.6 is 0 Å². The summed E-state index contributed by atoms with van der Waals surface area (Å²) < 4.78 is 38.2. The fourth-order valence-electron chi connectivity index (χ4n) is 2.36. The largest absolute Gasteiger partial charge is 0.346 e. The lowest BCUT2D eigenvalue weighted by Gasteiger charge is -2.12. The van der Waals surface area contributed by atoms with Crippen LogP contribution in [0.15, 0.2) is 53.4 Å². The number of carbonyl (C=O) groups excluding carboxylic acids is 1. The summed E-state index contributed by atoms with van der Waals surface area (Å²) in [6.07, 6.45) is -0.400. The van der Waals surface area contributed by atoms with Gasteiger partial charge >= 0.3 is 0 Å². The quantitative estimate of drug-likeness (QED) is 0.841. The molecule has 2 aromatic rings. The molecule has 2 aromatic carbocycles. The number of sulfonamides is 1. The van der Waals surface area contributed by atoms with Gasteiger partial charge in [-0.1, -0.05) is 24.3 Å². The summed E-state index contributed by atoms with van der Waals surface area (Å²) in [5.41, 5.74) is 1.60. The highest BCUT2D eigenvalue weighted by molar-refractivity contribution is 7.92. The molecule has 0 bridgehead atoms. The van der Waals surface area contributed by atoms with Crippen molar-refractivity contribution in [2.24, 2.45) is 0 Å². The van der Waals surface area contributed by atoms with Crippen LogP contribution in [-0.2, 0) is 19.5 Å². The summed E-state index contributed by atoms with van der Waals surface area (Å²) in [5.74, 6) is -0.187. The van der Waals surface area contributed by atoms with Crippen molar-refractivity contribution in [2.45, 2.75) is 18.1 Å². The molecule has 0 spiro atoms. The molecule has 24 heavy (non-hydrogen) atoms. The third kappa shape index (κ3) is 3.64. The van der Waals surface area contributed by atoms with Crippen LogP contribution in [0, 0.1) is 0 Å². The van der Waals surface area contributed by atoms with E-state index in [4.69, 9.17) is 9.47 Å². The Balaban J connectivity index is 1.79. The summed E-state index contributed by atoms with van der Waals surface area (Å²) in [4.78, 5) is 11.5.